The highest BCUT2D eigenvalue weighted by atomic mass is 16.7. The van der Waals surface area contributed by atoms with Gasteiger partial charge in [0.05, 0.1) is 107 Å². The lowest BCUT2D eigenvalue weighted by Crippen LogP contribution is -2.55. The summed E-state index contributed by atoms with van der Waals surface area (Å²) in [6.45, 7) is 29.3. The number of allylic oxidation sites excluding steroid dienone is 1. The van der Waals surface area contributed by atoms with E-state index in [1.165, 1.54) is 58.4 Å². The van der Waals surface area contributed by atoms with Crippen molar-refractivity contribution in [1.29, 1.82) is 10.5 Å². The summed E-state index contributed by atoms with van der Waals surface area (Å²) in [6.07, 6.45) is 21.9. The van der Waals surface area contributed by atoms with Crippen LogP contribution in [0.2, 0.25) is 0 Å². The van der Waals surface area contributed by atoms with Crippen LogP contribution in [0.25, 0.3) is 57.6 Å². The Labute approximate surface area is 840 Å². The van der Waals surface area contributed by atoms with Crippen LogP contribution in [0, 0.1) is 93.7 Å². The van der Waals surface area contributed by atoms with Gasteiger partial charge in [-0.1, -0.05) is 88.2 Å². The molecule has 5 saturated carbocycles. The average Bonchev–Trinajstić information content (AvgIpc) is 1.56. The van der Waals surface area contributed by atoms with Crippen molar-refractivity contribution in [2.24, 2.45) is 141 Å². The van der Waals surface area contributed by atoms with E-state index in [9.17, 15) is 30.0 Å². The summed E-state index contributed by atoms with van der Waals surface area (Å²) < 4.78 is 40.9. The van der Waals surface area contributed by atoms with Gasteiger partial charge in [0.1, 0.15) is 57.7 Å². The standard InChI is InChI=1S/C18H26N6O2.C17H21N7O.C17H22N6O2.C17H23N3O2.C16H19N7O.C16H22N6O/c1-11-13-6-5-12-14(16-19-22-24(4)21-16)23(3)20-15(12)17(13,2)7-8-18(11)25-9-10-26-18;1-9-12-6-5-11-13(16-19-22-24(4)21-16)23(3)20-15(11)17(12,2)7-10(8-18)14(9)25;1-9-12-6-5-11-13(16-18-21-23(4)20-16)22(3)19-15(11)17(12,2)7-10(8-24)14(9)25;1-11-13-5-4-12-14(10-18)20(3)19-15(12)16(13,2)6-7-17(11)21-8-9-22-17;1-8-11-5-4-10-12(15-18-21-22-19-15)23(3)20-14(10)16(11,2)6-9-7-17-24-13(8)9;1-9-11-6-5-10-13(15-17-20-22(4)19-15)21(3)18-14(10)16(11,2)8-7-12(9)23/h11,13H,5-10H2,1-4H3;9-10,12H,5-7H2,1-4H3;8-9,12,24H,5-7H2,1-4H3;11,13H,4-9H2,1-3H3;7-8,11H,4-6H2,1-3H3,(H,18,19,21,22);9,11H,5-8H2,1-4H3/b;;10-8-;;;/t11-,13-,17-;9-,10?,12-,17-;9-,12-,17-;11-,13-,16-;8-,11-,16-;9-,11-,16-/m000000/s1. The minimum absolute atomic E-state index is 0.0225. The van der Waals surface area contributed by atoms with Gasteiger partial charge in [0.15, 0.2) is 23.1 Å². The van der Waals surface area contributed by atoms with Crippen LogP contribution in [0.15, 0.2) is 22.6 Å². The molecule has 12 aromatic heterocycles. The molecule has 44 nitrogen and oxygen atoms in total. The molecule has 44 heteroatoms. The number of nitrogens with zero attached hydrogens (tertiary/aromatic N) is 34. The van der Waals surface area contributed by atoms with Crippen LogP contribution in [-0.2, 0) is 181 Å². The van der Waals surface area contributed by atoms with Crippen molar-refractivity contribution in [2.75, 3.05) is 26.4 Å². The maximum Gasteiger partial charge on any atom is 0.223 e. The average molecular weight is 1980 g/mol. The van der Waals surface area contributed by atoms with Gasteiger partial charge in [-0.15, -0.1) is 51.0 Å². The van der Waals surface area contributed by atoms with E-state index >= 15 is 0 Å². The van der Waals surface area contributed by atoms with E-state index in [0.717, 1.165) is 196 Å². The Bertz CT molecular complexity index is 7160. The largest absolute Gasteiger partial charge is 0.515 e. The molecule has 2 spiro atoms. The molecule has 14 aliphatic rings. The third-order valence-electron chi connectivity index (χ3n) is 37.4. The summed E-state index contributed by atoms with van der Waals surface area (Å²) in [4.78, 5) is 43.0. The van der Waals surface area contributed by atoms with Crippen molar-refractivity contribution in [3.05, 3.63) is 103 Å². The lowest BCUT2D eigenvalue weighted by molar-refractivity contribution is -0.234. The first-order valence-corrected chi connectivity index (χ1v) is 51.5. The fourth-order valence-corrected chi connectivity index (χ4v) is 30.2. The fourth-order valence-electron chi connectivity index (χ4n) is 30.2. The topological polar surface area (TPSA) is 518 Å². The van der Waals surface area contributed by atoms with Crippen LogP contribution in [0.1, 0.15) is 263 Å². The number of fused-ring (bicyclic) bond motifs is 19. The monoisotopic (exact) mass is 1980 g/mol. The van der Waals surface area contributed by atoms with Crippen LogP contribution in [0.5, 0.6) is 0 Å². The second-order valence-electron chi connectivity index (χ2n) is 45.0. The summed E-state index contributed by atoms with van der Waals surface area (Å²) in [5.74, 6) is 6.59. The first kappa shape index (κ1) is 98.2. The van der Waals surface area contributed by atoms with Crippen LogP contribution in [0.4, 0.5) is 0 Å². The Morgan fingerprint density at radius 3 is 1.17 bits per heavy atom. The van der Waals surface area contributed by atoms with E-state index < -0.39 is 5.92 Å². The fraction of sp³-hybridized carbons (Fsp3) is 0.673. The third-order valence-corrected chi connectivity index (χ3v) is 37.4. The Kier molecular flexibility index (Phi) is 24.5. The van der Waals surface area contributed by atoms with E-state index in [1.54, 1.807) is 32.9 Å². The van der Waals surface area contributed by atoms with E-state index in [0.29, 0.717) is 128 Å². The molecule has 19 atom stereocenters. The van der Waals surface area contributed by atoms with Crippen molar-refractivity contribution in [3.8, 4) is 69.7 Å². The number of carbonyl (C=O) groups excluding carboxylic acids is 3. The lowest BCUT2D eigenvalue weighted by atomic mass is 9.54. The molecule has 0 radical (unpaired) electrons. The molecule has 2 aliphatic heterocycles. The summed E-state index contributed by atoms with van der Waals surface area (Å²) in [7, 11) is 18.6. The quantitative estimate of drug-likeness (QED) is 0.119. The molecular formula is C101H133N35O9. The zero-order valence-corrected chi connectivity index (χ0v) is 87.3. The first-order chi connectivity index (χ1) is 69.2. The van der Waals surface area contributed by atoms with Gasteiger partial charge in [-0.25, -0.2) is 0 Å². The molecule has 145 heavy (non-hydrogen) atoms. The zero-order valence-electron chi connectivity index (χ0n) is 87.3. The summed E-state index contributed by atoms with van der Waals surface area (Å²) >= 11 is 0. The lowest BCUT2D eigenvalue weighted by Gasteiger charge is -2.53. The van der Waals surface area contributed by atoms with Gasteiger partial charge in [0.2, 0.25) is 29.1 Å². The number of aliphatic hydroxyl groups is 1. The SMILES string of the molecule is C[C@@H]1C(=O)/C(=C\O)C[C@]2(C)c3nn(C)c(-c4nnn(C)n4)c3CC[C@@H]12.C[C@@H]1C(=O)C(C#N)C[C@]2(C)c3nn(C)c(-c4nnn(C)n4)c3CC[C@@H]12.C[C@@H]1C(=O)CC[C@]2(C)c3nn(C)c(-c4nnn(C)n4)c3CC[C@@H]12.C[C@@H]1c2oncc2C[C@]2(C)c3nn(C)c(-c4nn[nH]n4)c3CC[C@@H]12.C[C@H]1[C@@H]2CCc3c(nn(C)c3-c3nnn(C)n3)[C@@]2(C)CCC12OCCO2.C[C@H]1[C@@H]2CCc3c(nn(C)c3C#N)[C@@]2(C)CCC12OCCO2. The minimum atomic E-state index is -0.553. The van der Waals surface area contributed by atoms with Crippen LogP contribution in [0.3, 0.4) is 0 Å². The van der Waals surface area contributed by atoms with Gasteiger partial charge in [0, 0.05) is 174 Å². The number of carbonyl (C=O) groups is 3. The van der Waals surface area contributed by atoms with Gasteiger partial charge in [-0.05, 0) is 177 Å². The van der Waals surface area contributed by atoms with Crippen LogP contribution in [-0.4, -0.2) is 226 Å². The number of aliphatic hydroxyl groups excluding tert-OH is 1. The second-order valence-corrected chi connectivity index (χ2v) is 45.0. The number of H-pyrrole nitrogens is 1. The Morgan fingerprint density at radius 1 is 0.407 bits per heavy atom. The Hall–Kier alpha value is -12.8. The number of aryl methyl sites for hydroxylation is 10. The number of aromatic amines is 1. The number of ketones is 3. The van der Waals surface area contributed by atoms with E-state index in [2.05, 4.69) is 169 Å². The molecule has 12 aliphatic carbocycles. The molecule has 1 unspecified atom stereocenters. The Balaban J connectivity index is 0.000000102. The number of Topliss-reactive ketones (excluding diaryl/α,β-unsaturated/α-hetero) is 3. The van der Waals surface area contributed by atoms with E-state index in [4.69, 9.17) is 54.1 Å². The number of tetrazole rings is 5. The molecule has 0 amide bonds. The van der Waals surface area contributed by atoms with Gasteiger partial charge in [-0.2, -0.15) is 65.5 Å². The molecular weight excluding hydrogens is 1850 g/mol. The predicted octanol–water partition coefficient (Wildman–Crippen LogP) is 9.75. The van der Waals surface area contributed by atoms with Gasteiger partial charge in [-0.3, -0.25) is 42.5 Å². The maximum atomic E-state index is 12.5. The number of ether oxygens (including phenoxy) is 4. The normalized spacial score (nSPS) is 31.4. The summed E-state index contributed by atoms with van der Waals surface area (Å²) in [5.41, 5.74) is 20.5. The van der Waals surface area contributed by atoms with Gasteiger partial charge < -0.3 is 28.6 Å². The minimum Gasteiger partial charge on any atom is -0.515 e. The number of aromatic nitrogens is 33. The summed E-state index contributed by atoms with van der Waals surface area (Å²) in [6, 6.07) is 4.53. The van der Waals surface area contributed by atoms with E-state index in [-0.39, 0.29) is 85.2 Å². The maximum absolute atomic E-state index is 12.5. The highest BCUT2D eigenvalue weighted by molar-refractivity contribution is 5.98. The van der Waals surface area contributed by atoms with Crippen molar-refractivity contribution in [2.45, 2.75) is 268 Å². The number of nitriles is 2. The molecule has 2 N–H and O–H groups in total. The third kappa shape index (κ3) is 15.4. The molecule has 12 aromatic rings. The number of rotatable bonds is 5. The molecule has 26 rings (SSSR count). The second kappa shape index (κ2) is 36.1. The molecule has 7 fully saturated rings. The van der Waals surface area contributed by atoms with Crippen molar-refractivity contribution in [3.63, 3.8) is 0 Å². The van der Waals surface area contributed by atoms with E-state index in [1.807, 2.05) is 85.7 Å². The predicted molar refractivity (Wildman–Crippen MR) is 519 cm³/mol. The molecule has 0 bridgehead atoms. The van der Waals surface area contributed by atoms with Gasteiger partial charge in [0.25, 0.3) is 0 Å². The molecule has 0 aromatic carbocycles. The number of nitrogens with one attached hydrogen (secondary N) is 1. The highest BCUT2D eigenvalue weighted by Crippen LogP contribution is 2.63. The molecule has 2 saturated heterocycles. The molecule has 14 heterocycles. The highest BCUT2D eigenvalue weighted by Gasteiger charge is 2.63. The smallest absolute Gasteiger partial charge is 0.223 e. The van der Waals surface area contributed by atoms with Crippen molar-refractivity contribution < 1.29 is 43.0 Å². The summed E-state index contributed by atoms with van der Waals surface area (Å²) in [5, 5.41) is 126. The number of hydrogen-bond acceptors (Lipinski definition) is 33. The van der Waals surface area contributed by atoms with Crippen molar-refractivity contribution in [1.82, 2.24) is 165 Å². The van der Waals surface area contributed by atoms with Gasteiger partial charge >= 0.3 is 0 Å². The Morgan fingerprint density at radius 2 is 0.772 bits per heavy atom. The first-order valence-electron chi connectivity index (χ1n) is 51.5. The number of hydrogen-bond donors (Lipinski definition) is 2. The van der Waals surface area contributed by atoms with Crippen molar-refractivity contribution >= 4 is 17.3 Å². The zero-order chi connectivity index (χ0) is 102. The molecule has 766 valence electrons. The van der Waals surface area contributed by atoms with Crippen LogP contribution >= 0.6 is 0 Å². The van der Waals surface area contributed by atoms with Crippen LogP contribution < -0.4 is 0 Å².